The van der Waals surface area contributed by atoms with Crippen LogP contribution in [0.25, 0.3) is 0 Å². The number of imide groups is 1. The van der Waals surface area contributed by atoms with E-state index in [1.807, 2.05) is 0 Å². The van der Waals surface area contributed by atoms with Crippen molar-refractivity contribution in [3.8, 4) is 0 Å². The number of carbonyl (C=O) groups excluding carboxylic acids is 2. The Kier molecular flexibility index (Phi) is 2.78. The van der Waals surface area contributed by atoms with Crippen molar-refractivity contribution in [3.05, 3.63) is 12.2 Å². The monoisotopic (exact) mass is 211 g/mol. The van der Waals surface area contributed by atoms with E-state index in [-0.39, 0.29) is 17.5 Å². The van der Waals surface area contributed by atoms with Gasteiger partial charge in [0, 0.05) is 18.8 Å². The van der Waals surface area contributed by atoms with Crippen molar-refractivity contribution in [2.24, 2.45) is 0 Å². The molecule has 0 aromatic heterocycles. The fourth-order valence-corrected chi connectivity index (χ4v) is 3.49. The molecule has 1 unspecified atom stereocenters. The Morgan fingerprint density at radius 1 is 1.29 bits per heavy atom. The van der Waals surface area contributed by atoms with Gasteiger partial charge in [-0.05, 0) is 19.3 Å². The summed E-state index contributed by atoms with van der Waals surface area (Å²) < 4.78 is 6.91. The zero-order chi connectivity index (χ0) is 9.97. The molecule has 14 heavy (non-hydrogen) atoms. The summed E-state index contributed by atoms with van der Waals surface area (Å²) in [5.74, 6) is -0.313. The molecule has 2 aliphatic heterocycles. The largest absolute Gasteiger partial charge is 0.380 e. The van der Waals surface area contributed by atoms with E-state index in [9.17, 15) is 9.59 Å². The number of amides is 2. The Hall–Kier alpha value is -0.943. The van der Waals surface area contributed by atoms with E-state index in [2.05, 4.69) is 0 Å². The first-order valence-electron chi connectivity index (χ1n) is 4.92. The summed E-state index contributed by atoms with van der Waals surface area (Å²) in [6.07, 6.45) is 5.95. The lowest BCUT2D eigenvalue weighted by Crippen LogP contribution is -2.42. The fraction of sp³-hybridized carbons (Fsp3) is 0.556. The van der Waals surface area contributed by atoms with Crippen molar-refractivity contribution < 1.29 is 14.3 Å². The van der Waals surface area contributed by atoms with Gasteiger partial charge in [-0.1, -0.05) is 0 Å². The Morgan fingerprint density at radius 3 is 2.57 bits per heavy atom. The van der Waals surface area contributed by atoms with E-state index in [1.165, 1.54) is 16.7 Å². The third-order valence-electron chi connectivity index (χ3n) is 2.56. The van der Waals surface area contributed by atoms with Gasteiger partial charge in [-0.15, -0.1) is 0 Å². The smallest absolute Gasteiger partial charge is 0.245 e. The molecule has 2 heterocycles. The second-order valence-corrected chi connectivity index (χ2v) is 5.52. The highest BCUT2D eigenvalue weighted by Gasteiger charge is 2.27. The predicted octanol–water partition coefficient (Wildman–Crippen LogP) is -0.478. The molecule has 2 rings (SSSR count). The number of hydrogen-bond donors (Lipinski definition) is 0. The Bertz CT molecular complexity index is 266. The number of ether oxygens (including phenoxy) is 1. The summed E-state index contributed by atoms with van der Waals surface area (Å²) in [4.78, 5) is 22.5. The van der Waals surface area contributed by atoms with Gasteiger partial charge in [0.2, 0.25) is 11.8 Å². The SMILES string of the molecule is O=C1C=CC(=O)N1[SiH2]C1CCCCO1. The van der Waals surface area contributed by atoms with Gasteiger partial charge in [0.1, 0.15) is 0 Å². The molecule has 2 amide bonds. The molecule has 2 aliphatic rings. The topological polar surface area (TPSA) is 46.6 Å². The van der Waals surface area contributed by atoms with E-state index >= 15 is 0 Å². The van der Waals surface area contributed by atoms with Gasteiger partial charge in [0.15, 0.2) is 9.68 Å². The maximum Gasteiger partial charge on any atom is 0.245 e. The van der Waals surface area contributed by atoms with Gasteiger partial charge >= 0.3 is 0 Å². The van der Waals surface area contributed by atoms with Gasteiger partial charge in [0.05, 0.1) is 5.73 Å². The lowest BCUT2D eigenvalue weighted by molar-refractivity contribution is -0.131. The van der Waals surface area contributed by atoms with Crippen LogP contribution in [0, 0.1) is 0 Å². The Labute approximate surface area is 84.8 Å². The molecule has 0 N–H and O–H groups in total. The highest BCUT2D eigenvalue weighted by atomic mass is 28.2. The van der Waals surface area contributed by atoms with Gasteiger partial charge in [0.25, 0.3) is 0 Å². The van der Waals surface area contributed by atoms with Crippen LogP contribution in [0.5, 0.6) is 0 Å². The van der Waals surface area contributed by atoms with Crippen LogP contribution in [-0.2, 0) is 14.3 Å². The van der Waals surface area contributed by atoms with E-state index in [0.717, 1.165) is 25.9 Å². The van der Waals surface area contributed by atoms with Crippen molar-refractivity contribution in [2.75, 3.05) is 6.61 Å². The van der Waals surface area contributed by atoms with Crippen molar-refractivity contribution >= 4 is 21.5 Å². The predicted molar refractivity (Wildman–Crippen MR) is 53.1 cm³/mol. The number of nitrogens with zero attached hydrogens (tertiary/aromatic N) is 1. The standard InChI is InChI=1S/C9H13NO3Si/c11-7-4-5-8(12)10(7)14-9-3-1-2-6-13-9/h4-5,9H,1-3,6,14H2. The minimum absolute atomic E-state index is 0.157. The van der Waals surface area contributed by atoms with E-state index < -0.39 is 9.68 Å². The van der Waals surface area contributed by atoms with Crippen LogP contribution in [0.4, 0.5) is 0 Å². The minimum atomic E-state index is -0.903. The second-order valence-electron chi connectivity index (χ2n) is 3.61. The third kappa shape index (κ3) is 1.93. The van der Waals surface area contributed by atoms with E-state index in [4.69, 9.17) is 4.74 Å². The number of hydrogen-bond acceptors (Lipinski definition) is 3. The van der Waals surface area contributed by atoms with Crippen LogP contribution in [0.15, 0.2) is 12.2 Å². The molecule has 1 fully saturated rings. The fourth-order valence-electron chi connectivity index (χ4n) is 1.77. The molecule has 1 atom stereocenters. The summed E-state index contributed by atoms with van der Waals surface area (Å²) in [5, 5.41) is 0. The summed E-state index contributed by atoms with van der Waals surface area (Å²) in [7, 11) is -0.903. The zero-order valence-electron chi connectivity index (χ0n) is 7.94. The van der Waals surface area contributed by atoms with E-state index in [0.29, 0.717) is 0 Å². The van der Waals surface area contributed by atoms with Crippen LogP contribution in [-0.4, -0.2) is 38.4 Å². The molecular formula is C9H13NO3Si. The molecule has 0 spiro atoms. The normalized spacial score (nSPS) is 28.3. The summed E-state index contributed by atoms with van der Waals surface area (Å²) in [6, 6.07) is 0. The summed E-state index contributed by atoms with van der Waals surface area (Å²) in [6.45, 7) is 0.779. The zero-order valence-corrected chi connectivity index (χ0v) is 9.35. The first-order valence-corrected chi connectivity index (χ1v) is 6.37. The molecule has 0 saturated carbocycles. The Balaban J connectivity index is 1.90. The molecule has 4 nitrogen and oxygen atoms in total. The molecule has 1 saturated heterocycles. The van der Waals surface area contributed by atoms with Gasteiger partial charge in [-0.2, -0.15) is 0 Å². The van der Waals surface area contributed by atoms with Gasteiger partial charge < -0.3 is 9.30 Å². The van der Waals surface area contributed by atoms with Crippen LogP contribution >= 0.6 is 0 Å². The van der Waals surface area contributed by atoms with Crippen molar-refractivity contribution in [3.63, 3.8) is 0 Å². The van der Waals surface area contributed by atoms with Crippen molar-refractivity contribution in [1.82, 2.24) is 4.57 Å². The molecule has 5 heteroatoms. The molecule has 0 aliphatic carbocycles. The maximum absolute atomic E-state index is 11.3. The highest BCUT2D eigenvalue weighted by Crippen LogP contribution is 2.14. The van der Waals surface area contributed by atoms with E-state index in [1.54, 1.807) is 0 Å². The molecule has 0 bridgehead atoms. The minimum Gasteiger partial charge on any atom is -0.380 e. The Morgan fingerprint density at radius 2 is 2.00 bits per heavy atom. The molecule has 0 radical (unpaired) electrons. The van der Waals surface area contributed by atoms with Crippen LogP contribution in [0.1, 0.15) is 19.3 Å². The number of carbonyl (C=O) groups is 2. The first-order chi connectivity index (χ1) is 6.77. The molecule has 76 valence electrons. The maximum atomic E-state index is 11.3. The highest BCUT2D eigenvalue weighted by molar-refractivity contribution is 6.47. The van der Waals surface area contributed by atoms with Gasteiger partial charge in [-0.25, -0.2) is 0 Å². The lowest BCUT2D eigenvalue weighted by atomic mass is 10.2. The quantitative estimate of drug-likeness (QED) is 0.458. The van der Waals surface area contributed by atoms with Crippen LogP contribution in [0.2, 0.25) is 0 Å². The molecule has 0 aromatic carbocycles. The summed E-state index contributed by atoms with van der Waals surface area (Å²) >= 11 is 0. The second kappa shape index (κ2) is 4.06. The molecular weight excluding hydrogens is 198 g/mol. The number of rotatable bonds is 2. The van der Waals surface area contributed by atoms with Crippen molar-refractivity contribution in [1.29, 1.82) is 0 Å². The first kappa shape index (κ1) is 9.61. The lowest BCUT2D eigenvalue weighted by Gasteiger charge is -2.25. The average Bonchev–Trinajstić information content (AvgIpc) is 2.51. The third-order valence-corrected chi connectivity index (χ3v) is 4.60. The van der Waals surface area contributed by atoms with Crippen LogP contribution < -0.4 is 0 Å². The molecule has 0 aromatic rings. The average molecular weight is 211 g/mol. The summed E-state index contributed by atoms with van der Waals surface area (Å²) in [5.41, 5.74) is 0.177. The van der Waals surface area contributed by atoms with Gasteiger partial charge in [-0.3, -0.25) is 9.59 Å². The van der Waals surface area contributed by atoms with Crippen LogP contribution in [0.3, 0.4) is 0 Å². The van der Waals surface area contributed by atoms with Crippen molar-refractivity contribution in [2.45, 2.75) is 25.0 Å².